The molecule has 38 heavy (non-hydrogen) atoms. The Labute approximate surface area is 240 Å². The molecule has 0 aliphatic carbocycles. The van der Waals surface area contributed by atoms with E-state index in [1.165, 1.54) is 12.8 Å². The van der Waals surface area contributed by atoms with Crippen molar-refractivity contribution >= 4 is 17.8 Å². The molecule has 0 rings (SSSR count). The number of nitrogens with two attached hydrogens (primary N) is 2. The number of carboxylic acid groups (broad SMARTS) is 1. The SMILES string of the molecule is CC.CC.CC.CC.CCC.CCC.CCC(=O)NCCCC[C@H](N)C(=O)O.CCN.CCNC(=O)CC. The van der Waals surface area contributed by atoms with Crippen molar-refractivity contribution in [2.75, 3.05) is 19.6 Å². The van der Waals surface area contributed by atoms with Crippen LogP contribution >= 0.6 is 0 Å². The lowest BCUT2D eigenvalue weighted by Gasteiger charge is -2.06. The quantitative estimate of drug-likeness (QED) is 0.185. The summed E-state index contributed by atoms with van der Waals surface area (Å²) in [6, 6.07) is -0.781. The van der Waals surface area contributed by atoms with E-state index in [1.54, 1.807) is 6.92 Å². The highest BCUT2D eigenvalue weighted by atomic mass is 16.4. The Balaban J connectivity index is -0.0000000422. The van der Waals surface area contributed by atoms with Crippen LogP contribution in [0.4, 0.5) is 0 Å². The van der Waals surface area contributed by atoms with Crippen LogP contribution in [0.5, 0.6) is 0 Å². The van der Waals surface area contributed by atoms with Gasteiger partial charge in [0, 0.05) is 25.9 Å². The number of rotatable bonds is 9. The number of unbranched alkanes of at least 4 members (excludes halogenated alkanes) is 1. The van der Waals surface area contributed by atoms with Crippen LogP contribution in [0.15, 0.2) is 0 Å². The molecule has 0 saturated heterocycles. The molecular weight excluding hydrogens is 480 g/mol. The number of nitrogens with one attached hydrogen (secondary N) is 2. The normalized spacial score (nSPS) is 8.05. The van der Waals surface area contributed by atoms with Crippen LogP contribution in [-0.2, 0) is 14.4 Å². The van der Waals surface area contributed by atoms with Crippen LogP contribution in [0.3, 0.4) is 0 Å². The summed E-state index contributed by atoms with van der Waals surface area (Å²) < 4.78 is 0. The second kappa shape index (κ2) is 83.5. The molecule has 0 saturated carbocycles. The molecule has 8 heteroatoms. The molecule has 0 unspecified atom stereocenters. The van der Waals surface area contributed by atoms with E-state index in [9.17, 15) is 14.4 Å². The number of amides is 2. The Hall–Kier alpha value is -1.67. The van der Waals surface area contributed by atoms with E-state index in [4.69, 9.17) is 16.6 Å². The van der Waals surface area contributed by atoms with Gasteiger partial charge in [-0.25, -0.2) is 0 Å². The van der Waals surface area contributed by atoms with E-state index in [0.29, 0.717) is 25.8 Å². The standard InChI is InChI=1S/C9H18N2O3.C5H11NO.2C3H8.C2H7N.4C2H6/c1-2-8(12)11-6-4-3-5-7(10)9(13)14;1-3-5(7)6-4-2;2*1-3-2;1-2-3;4*1-2/h7H,2-6,10H2,1H3,(H,11,12)(H,13,14);3-4H2,1-2H3,(H,6,7);2*3H2,1-2H3;2-3H2,1H3;4*1-2H3/t7-;;;;;;;;/m0......../s1. The molecule has 1 atom stereocenters. The molecule has 0 fully saturated rings. The minimum atomic E-state index is -0.970. The third kappa shape index (κ3) is 127. The van der Waals surface area contributed by atoms with E-state index in [-0.39, 0.29) is 11.8 Å². The van der Waals surface area contributed by atoms with Crippen LogP contribution in [0, 0.1) is 0 Å². The number of hydrogen-bond acceptors (Lipinski definition) is 5. The molecule has 0 aromatic rings. The molecule has 0 radical (unpaired) electrons. The van der Waals surface area contributed by atoms with Crippen molar-refractivity contribution in [1.82, 2.24) is 10.6 Å². The third-order valence-corrected chi connectivity index (χ3v) is 2.60. The van der Waals surface area contributed by atoms with Crippen LogP contribution in [0.25, 0.3) is 0 Å². The van der Waals surface area contributed by atoms with Gasteiger partial charge in [0.25, 0.3) is 0 Å². The zero-order chi connectivity index (χ0) is 32.8. The van der Waals surface area contributed by atoms with Gasteiger partial charge >= 0.3 is 5.97 Å². The molecule has 0 heterocycles. The van der Waals surface area contributed by atoms with Gasteiger partial charge in [0.1, 0.15) is 6.04 Å². The van der Waals surface area contributed by atoms with Crippen molar-refractivity contribution in [1.29, 1.82) is 0 Å². The first kappa shape index (κ1) is 60.7. The summed E-state index contributed by atoms with van der Waals surface area (Å²) in [5, 5.41) is 13.8. The first-order valence-corrected chi connectivity index (χ1v) is 15.3. The minimum absolute atomic E-state index is 0.0209. The molecule has 240 valence electrons. The average Bonchev–Trinajstić information content (AvgIpc) is 2.94. The minimum Gasteiger partial charge on any atom is -0.480 e. The van der Waals surface area contributed by atoms with E-state index in [2.05, 4.69) is 38.3 Å². The lowest BCUT2D eigenvalue weighted by molar-refractivity contribution is -0.138. The Morgan fingerprint density at radius 3 is 1.16 bits per heavy atom. The van der Waals surface area contributed by atoms with Gasteiger partial charge in [-0.2, -0.15) is 0 Å². The average molecular weight is 557 g/mol. The summed E-state index contributed by atoms with van der Waals surface area (Å²) in [5.41, 5.74) is 10.1. The van der Waals surface area contributed by atoms with E-state index < -0.39 is 12.0 Å². The van der Waals surface area contributed by atoms with Gasteiger partial charge in [-0.05, 0) is 32.7 Å². The zero-order valence-corrected chi connectivity index (χ0v) is 29.0. The van der Waals surface area contributed by atoms with Gasteiger partial charge in [-0.1, -0.05) is 117 Å². The molecule has 0 aromatic heterocycles. The Morgan fingerprint density at radius 1 is 0.658 bits per heavy atom. The summed E-state index contributed by atoms with van der Waals surface area (Å²) in [6.45, 7) is 34.0. The summed E-state index contributed by atoms with van der Waals surface area (Å²) >= 11 is 0. The van der Waals surface area contributed by atoms with Gasteiger partial charge in [0.15, 0.2) is 0 Å². The van der Waals surface area contributed by atoms with Crippen LogP contribution in [0.1, 0.15) is 156 Å². The molecule has 8 nitrogen and oxygen atoms in total. The molecule has 0 spiro atoms. The number of hydrogen-bond donors (Lipinski definition) is 5. The first-order chi connectivity index (χ1) is 18.1. The topological polar surface area (TPSA) is 148 Å². The molecule has 7 N–H and O–H groups in total. The van der Waals surface area contributed by atoms with Gasteiger partial charge in [-0.3, -0.25) is 14.4 Å². The zero-order valence-electron chi connectivity index (χ0n) is 29.0. The molecule has 0 aliphatic heterocycles. The second-order valence-electron chi connectivity index (χ2n) is 6.27. The lowest BCUT2D eigenvalue weighted by atomic mass is 10.1. The Morgan fingerprint density at radius 2 is 0.947 bits per heavy atom. The van der Waals surface area contributed by atoms with E-state index in [1.807, 2.05) is 76.2 Å². The van der Waals surface area contributed by atoms with Gasteiger partial charge in [-0.15, -0.1) is 0 Å². The van der Waals surface area contributed by atoms with Crippen LogP contribution < -0.4 is 22.1 Å². The molecular formula is C30H76N4O4. The smallest absolute Gasteiger partial charge is 0.320 e. The van der Waals surface area contributed by atoms with E-state index in [0.717, 1.165) is 25.9 Å². The maximum Gasteiger partial charge on any atom is 0.320 e. The lowest BCUT2D eigenvalue weighted by Crippen LogP contribution is -2.30. The molecule has 2 amide bonds. The third-order valence-electron chi connectivity index (χ3n) is 2.60. The predicted octanol–water partition coefficient (Wildman–Crippen LogP) is 7.53. The van der Waals surface area contributed by atoms with Crippen molar-refractivity contribution in [3.8, 4) is 0 Å². The van der Waals surface area contributed by atoms with Crippen LogP contribution in [0.2, 0.25) is 0 Å². The van der Waals surface area contributed by atoms with Gasteiger partial charge in [0.05, 0.1) is 0 Å². The number of aliphatic carboxylic acids is 1. The van der Waals surface area contributed by atoms with Crippen molar-refractivity contribution in [2.45, 2.75) is 162 Å². The molecule has 0 aliphatic rings. The highest BCUT2D eigenvalue weighted by Gasteiger charge is 2.09. The number of carbonyl (C=O) groups excluding carboxylic acids is 2. The maximum absolute atomic E-state index is 10.8. The molecule has 0 aromatic carbocycles. The largest absolute Gasteiger partial charge is 0.480 e. The monoisotopic (exact) mass is 557 g/mol. The fourth-order valence-corrected chi connectivity index (χ4v) is 1.29. The Bertz CT molecular complexity index is 352. The maximum atomic E-state index is 10.8. The summed E-state index contributed by atoms with van der Waals surface area (Å²) in [4.78, 5) is 31.4. The van der Waals surface area contributed by atoms with Crippen molar-refractivity contribution < 1.29 is 19.5 Å². The summed E-state index contributed by atoms with van der Waals surface area (Å²) in [7, 11) is 0. The summed E-state index contributed by atoms with van der Waals surface area (Å²) in [6.07, 6.45) is 5.52. The van der Waals surface area contributed by atoms with Crippen LogP contribution in [-0.4, -0.2) is 48.6 Å². The van der Waals surface area contributed by atoms with Crippen molar-refractivity contribution in [3.05, 3.63) is 0 Å². The van der Waals surface area contributed by atoms with Crippen molar-refractivity contribution in [2.24, 2.45) is 11.5 Å². The molecule has 0 bridgehead atoms. The fourth-order valence-electron chi connectivity index (χ4n) is 1.29. The first-order valence-electron chi connectivity index (χ1n) is 15.3. The number of carboxylic acids is 1. The highest BCUT2D eigenvalue weighted by molar-refractivity contribution is 5.75. The Kier molecular flexibility index (Phi) is 133. The second-order valence-corrected chi connectivity index (χ2v) is 6.27. The number of carbonyl (C=O) groups is 3. The fraction of sp³-hybridized carbons (Fsp3) is 0.900. The highest BCUT2D eigenvalue weighted by Crippen LogP contribution is 1.98. The predicted molar refractivity (Wildman–Crippen MR) is 174 cm³/mol. The van der Waals surface area contributed by atoms with Crippen molar-refractivity contribution in [3.63, 3.8) is 0 Å². The summed E-state index contributed by atoms with van der Waals surface area (Å²) in [5.74, 6) is -0.822. The van der Waals surface area contributed by atoms with Gasteiger partial charge < -0.3 is 27.2 Å². The van der Waals surface area contributed by atoms with Gasteiger partial charge in [0.2, 0.25) is 11.8 Å². The van der Waals surface area contributed by atoms with E-state index >= 15 is 0 Å².